The molecular weight excluding hydrogens is 214 g/mol. The van der Waals surface area contributed by atoms with E-state index in [0.29, 0.717) is 18.7 Å². The van der Waals surface area contributed by atoms with Gasteiger partial charge in [-0.25, -0.2) is 4.98 Å². The molecule has 0 saturated carbocycles. The van der Waals surface area contributed by atoms with Gasteiger partial charge in [-0.1, -0.05) is 31.2 Å². The molecule has 3 N–H and O–H groups in total. The Morgan fingerprint density at radius 3 is 3.00 bits per heavy atom. The average molecular weight is 231 g/mol. The Kier molecular flexibility index (Phi) is 3.24. The van der Waals surface area contributed by atoms with Crippen molar-refractivity contribution < 1.29 is 4.79 Å². The summed E-state index contributed by atoms with van der Waals surface area (Å²) in [7, 11) is 0. The van der Waals surface area contributed by atoms with Gasteiger partial charge in [0, 0.05) is 12.4 Å². The summed E-state index contributed by atoms with van der Waals surface area (Å²) in [5, 5.41) is 0. The topological polar surface area (TPSA) is 71.8 Å². The van der Waals surface area contributed by atoms with Crippen molar-refractivity contribution in [1.82, 2.24) is 9.97 Å². The number of Topliss-reactive ketones (excluding diaryl/α,β-unsaturated/α-hetero) is 1. The van der Waals surface area contributed by atoms with E-state index >= 15 is 0 Å². The molecule has 17 heavy (non-hydrogen) atoms. The lowest BCUT2D eigenvalue weighted by Gasteiger charge is -2.30. The van der Waals surface area contributed by atoms with E-state index in [1.165, 1.54) is 0 Å². The smallest absolute Gasteiger partial charge is 0.167 e. The zero-order chi connectivity index (χ0) is 12.3. The Bertz CT molecular complexity index is 447. The number of ketones is 1. The Hall–Kier alpha value is -1.68. The molecule has 2 unspecified atom stereocenters. The first-order valence-electron chi connectivity index (χ1n) is 5.85. The number of aromatic amines is 1. The van der Waals surface area contributed by atoms with E-state index in [0.717, 1.165) is 0 Å². The molecule has 0 aliphatic heterocycles. The molecule has 1 aliphatic rings. The standard InChI is InChI=1S/C13H17N3O/c1-2-10(14)11(17)13(6-4-3-5-7-13)12-15-8-9-16-12/h3-6,8-10H,2,7,14H2,1H3,(H,15,16). The first-order valence-corrected chi connectivity index (χ1v) is 5.85. The molecule has 1 aromatic rings. The van der Waals surface area contributed by atoms with Crippen molar-refractivity contribution in [3.63, 3.8) is 0 Å². The van der Waals surface area contributed by atoms with E-state index in [-0.39, 0.29) is 5.78 Å². The van der Waals surface area contributed by atoms with Crippen molar-refractivity contribution in [2.75, 3.05) is 0 Å². The van der Waals surface area contributed by atoms with Gasteiger partial charge in [0.15, 0.2) is 5.78 Å². The highest BCUT2D eigenvalue weighted by Gasteiger charge is 2.41. The second-order valence-electron chi connectivity index (χ2n) is 4.28. The maximum absolute atomic E-state index is 12.5. The van der Waals surface area contributed by atoms with Crippen LogP contribution in [0.25, 0.3) is 0 Å². The van der Waals surface area contributed by atoms with Crippen LogP contribution in [0.3, 0.4) is 0 Å². The third kappa shape index (κ3) is 1.96. The number of carbonyl (C=O) groups excluding carboxylic acids is 1. The Morgan fingerprint density at radius 1 is 1.65 bits per heavy atom. The fourth-order valence-corrected chi connectivity index (χ4v) is 2.12. The second kappa shape index (κ2) is 4.67. The van der Waals surface area contributed by atoms with Gasteiger partial charge in [0.1, 0.15) is 11.2 Å². The van der Waals surface area contributed by atoms with E-state index in [4.69, 9.17) is 5.73 Å². The van der Waals surface area contributed by atoms with Gasteiger partial charge in [0.05, 0.1) is 6.04 Å². The van der Waals surface area contributed by atoms with Crippen LogP contribution in [0.15, 0.2) is 36.7 Å². The molecular formula is C13H17N3O. The van der Waals surface area contributed by atoms with Crippen molar-refractivity contribution in [1.29, 1.82) is 0 Å². The number of nitrogens with one attached hydrogen (secondary N) is 1. The molecule has 2 atom stereocenters. The zero-order valence-corrected chi connectivity index (χ0v) is 9.89. The number of nitrogens with two attached hydrogens (primary N) is 1. The highest BCUT2D eigenvalue weighted by atomic mass is 16.1. The highest BCUT2D eigenvalue weighted by Crippen LogP contribution is 2.32. The van der Waals surface area contributed by atoms with Crippen molar-refractivity contribution in [3.8, 4) is 0 Å². The van der Waals surface area contributed by atoms with E-state index < -0.39 is 11.5 Å². The van der Waals surface area contributed by atoms with E-state index in [9.17, 15) is 4.79 Å². The maximum atomic E-state index is 12.5. The zero-order valence-electron chi connectivity index (χ0n) is 9.89. The molecule has 2 rings (SSSR count). The monoisotopic (exact) mass is 231 g/mol. The molecule has 1 aliphatic carbocycles. The van der Waals surface area contributed by atoms with E-state index in [1.807, 2.05) is 31.2 Å². The van der Waals surface area contributed by atoms with Gasteiger partial charge in [-0.05, 0) is 12.8 Å². The minimum Gasteiger partial charge on any atom is -0.347 e. The number of carbonyl (C=O) groups is 1. The summed E-state index contributed by atoms with van der Waals surface area (Å²) in [4.78, 5) is 19.7. The lowest BCUT2D eigenvalue weighted by atomic mass is 9.74. The maximum Gasteiger partial charge on any atom is 0.167 e. The molecule has 0 amide bonds. The van der Waals surface area contributed by atoms with Crippen LogP contribution in [0.4, 0.5) is 0 Å². The third-order valence-corrected chi connectivity index (χ3v) is 3.20. The normalized spacial score (nSPS) is 24.8. The minimum atomic E-state index is -0.715. The van der Waals surface area contributed by atoms with Crippen LogP contribution in [0.2, 0.25) is 0 Å². The summed E-state index contributed by atoms with van der Waals surface area (Å²) in [6.45, 7) is 1.92. The lowest BCUT2D eigenvalue weighted by Crippen LogP contribution is -2.46. The summed E-state index contributed by atoms with van der Waals surface area (Å²) >= 11 is 0. The largest absolute Gasteiger partial charge is 0.347 e. The molecule has 0 aromatic carbocycles. The fourth-order valence-electron chi connectivity index (χ4n) is 2.12. The number of allylic oxidation sites excluding steroid dienone is 4. The lowest BCUT2D eigenvalue weighted by molar-refractivity contribution is -0.124. The van der Waals surface area contributed by atoms with Crippen molar-refractivity contribution in [2.45, 2.75) is 31.2 Å². The number of hydrogen-bond donors (Lipinski definition) is 2. The fraction of sp³-hybridized carbons (Fsp3) is 0.385. The number of aromatic nitrogens is 2. The van der Waals surface area contributed by atoms with Gasteiger partial charge in [0.2, 0.25) is 0 Å². The van der Waals surface area contributed by atoms with Gasteiger partial charge in [-0.15, -0.1) is 0 Å². The minimum absolute atomic E-state index is 0.0237. The number of nitrogens with zero attached hydrogens (tertiary/aromatic N) is 1. The highest BCUT2D eigenvalue weighted by molar-refractivity contribution is 5.96. The van der Waals surface area contributed by atoms with Crippen LogP contribution in [0.5, 0.6) is 0 Å². The number of imidazole rings is 1. The van der Waals surface area contributed by atoms with Crippen LogP contribution in [0.1, 0.15) is 25.6 Å². The summed E-state index contributed by atoms with van der Waals surface area (Å²) < 4.78 is 0. The molecule has 0 fully saturated rings. The van der Waals surface area contributed by atoms with Crippen LogP contribution in [-0.2, 0) is 10.2 Å². The number of rotatable bonds is 4. The van der Waals surface area contributed by atoms with Gasteiger partial charge in [0.25, 0.3) is 0 Å². The Labute approximate surface area is 101 Å². The summed E-state index contributed by atoms with van der Waals surface area (Å²) in [6.07, 6.45) is 12.3. The quantitative estimate of drug-likeness (QED) is 0.824. The number of hydrogen-bond acceptors (Lipinski definition) is 3. The first kappa shape index (κ1) is 11.8. The summed E-state index contributed by atoms with van der Waals surface area (Å²) in [6, 6.07) is -0.448. The van der Waals surface area contributed by atoms with Crippen LogP contribution < -0.4 is 5.73 Å². The van der Waals surface area contributed by atoms with Gasteiger partial charge >= 0.3 is 0 Å². The molecule has 4 heteroatoms. The first-order chi connectivity index (χ1) is 8.20. The van der Waals surface area contributed by atoms with Crippen molar-refractivity contribution >= 4 is 5.78 Å². The molecule has 90 valence electrons. The average Bonchev–Trinajstić information content (AvgIpc) is 2.92. The Morgan fingerprint density at radius 2 is 2.47 bits per heavy atom. The van der Waals surface area contributed by atoms with Gasteiger partial charge in [-0.3, -0.25) is 4.79 Å². The molecule has 0 spiro atoms. The molecule has 4 nitrogen and oxygen atoms in total. The SMILES string of the molecule is CCC(N)C(=O)C1(c2ncc[nH]2)C=CC=CC1. The third-order valence-electron chi connectivity index (χ3n) is 3.20. The van der Waals surface area contributed by atoms with Gasteiger partial charge < -0.3 is 10.7 Å². The molecule has 0 saturated heterocycles. The predicted octanol–water partition coefficient (Wildman–Crippen LogP) is 1.47. The number of H-pyrrole nitrogens is 1. The second-order valence-corrected chi connectivity index (χ2v) is 4.28. The summed E-state index contributed by atoms with van der Waals surface area (Å²) in [5.41, 5.74) is 5.17. The van der Waals surface area contributed by atoms with Crippen molar-refractivity contribution in [2.24, 2.45) is 5.73 Å². The van der Waals surface area contributed by atoms with Crippen LogP contribution in [0, 0.1) is 0 Å². The molecule has 1 heterocycles. The molecule has 0 bridgehead atoms. The van der Waals surface area contributed by atoms with E-state index in [2.05, 4.69) is 9.97 Å². The van der Waals surface area contributed by atoms with Crippen LogP contribution >= 0.6 is 0 Å². The van der Waals surface area contributed by atoms with Gasteiger partial charge in [-0.2, -0.15) is 0 Å². The van der Waals surface area contributed by atoms with Crippen molar-refractivity contribution in [3.05, 3.63) is 42.5 Å². The van der Waals surface area contributed by atoms with E-state index in [1.54, 1.807) is 12.4 Å². The predicted molar refractivity (Wildman–Crippen MR) is 66.4 cm³/mol. The Balaban J connectivity index is 2.42. The van der Waals surface area contributed by atoms with Crippen LogP contribution in [-0.4, -0.2) is 21.8 Å². The summed E-state index contributed by atoms with van der Waals surface area (Å²) in [5.74, 6) is 0.697. The molecule has 1 aromatic heterocycles. The molecule has 0 radical (unpaired) electrons.